The first-order chi connectivity index (χ1) is 16.5. The standard InChI is InChI=1S/C27H42N4O3/c1-27(33)11-6-22(7-12-27)26(32)29-23-4-2-20(3-5-23)9-14-30-15-17-31(18-16-30)25-24-21(8-13-28-25)10-19-34-24/h8,13,20,22-23,33H,2-7,9-12,14-19H2,1H3,(H,29,32)/t20-,22-,23-,27+. The molecule has 0 unspecified atom stereocenters. The maximum absolute atomic E-state index is 12.7. The Kier molecular flexibility index (Phi) is 7.30. The molecule has 1 saturated heterocycles. The minimum Gasteiger partial charge on any atom is -0.489 e. The van der Waals surface area contributed by atoms with Crippen LogP contribution in [0.3, 0.4) is 0 Å². The first-order valence-electron chi connectivity index (χ1n) is 13.6. The molecule has 2 saturated carbocycles. The Bertz CT molecular complexity index is 834. The highest BCUT2D eigenvalue weighted by Crippen LogP contribution is 2.35. The zero-order chi connectivity index (χ0) is 23.5. The first kappa shape index (κ1) is 23.9. The molecule has 3 heterocycles. The lowest BCUT2D eigenvalue weighted by atomic mass is 9.79. The molecular formula is C27H42N4O3. The lowest BCUT2D eigenvalue weighted by molar-refractivity contribution is -0.128. The molecule has 7 nitrogen and oxygen atoms in total. The van der Waals surface area contributed by atoms with E-state index in [9.17, 15) is 9.90 Å². The second-order valence-electron chi connectivity index (χ2n) is 11.3. The summed E-state index contributed by atoms with van der Waals surface area (Å²) in [6, 6.07) is 2.43. The zero-order valence-electron chi connectivity index (χ0n) is 20.8. The molecule has 4 aliphatic rings. The number of rotatable bonds is 6. The Morgan fingerprint density at radius 1 is 1.15 bits per heavy atom. The largest absolute Gasteiger partial charge is 0.489 e. The summed E-state index contributed by atoms with van der Waals surface area (Å²) < 4.78 is 5.86. The average Bonchev–Trinajstić information content (AvgIpc) is 3.33. The van der Waals surface area contributed by atoms with Crippen molar-refractivity contribution in [2.75, 3.05) is 44.2 Å². The summed E-state index contributed by atoms with van der Waals surface area (Å²) >= 11 is 0. The molecule has 0 aromatic carbocycles. The number of aliphatic hydroxyl groups is 1. The molecule has 5 rings (SSSR count). The molecular weight excluding hydrogens is 428 g/mol. The van der Waals surface area contributed by atoms with Gasteiger partial charge < -0.3 is 20.1 Å². The van der Waals surface area contributed by atoms with Crippen LogP contribution in [-0.4, -0.2) is 71.9 Å². The molecule has 2 N–H and O–H groups in total. The SMILES string of the molecule is C[C@]1(O)CC[C@@H](C(=O)N[C@H]2CC[C@H](CCN3CCN(c4nccc5c4OCC5)CC3)CC2)CC1. The number of hydrogen-bond donors (Lipinski definition) is 2. The summed E-state index contributed by atoms with van der Waals surface area (Å²) in [5.41, 5.74) is 0.722. The Labute approximate surface area is 204 Å². The topological polar surface area (TPSA) is 77.9 Å². The molecule has 0 radical (unpaired) electrons. The van der Waals surface area contributed by atoms with Gasteiger partial charge in [0.1, 0.15) is 0 Å². The Morgan fingerprint density at radius 3 is 2.62 bits per heavy atom. The number of ether oxygens (including phenoxy) is 1. The van der Waals surface area contributed by atoms with Crippen molar-refractivity contribution in [3.05, 3.63) is 17.8 Å². The van der Waals surface area contributed by atoms with Crippen LogP contribution in [0.2, 0.25) is 0 Å². The Morgan fingerprint density at radius 2 is 1.88 bits per heavy atom. The summed E-state index contributed by atoms with van der Waals surface area (Å²) in [4.78, 5) is 22.3. The molecule has 188 valence electrons. The van der Waals surface area contributed by atoms with Crippen LogP contribution in [0.15, 0.2) is 12.3 Å². The quantitative estimate of drug-likeness (QED) is 0.665. The van der Waals surface area contributed by atoms with Gasteiger partial charge in [0.15, 0.2) is 11.6 Å². The van der Waals surface area contributed by atoms with Gasteiger partial charge in [-0.05, 0) is 83.2 Å². The Balaban J connectivity index is 0.990. The van der Waals surface area contributed by atoms with Gasteiger partial charge in [0.05, 0.1) is 12.2 Å². The minimum atomic E-state index is -0.575. The third-order valence-electron chi connectivity index (χ3n) is 8.74. The van der Waals surface area contributed by atoms with Crippen molar-refractivity contribution in [1.82, 2.24) is 15.2 Å². The van der Waals surface area contributed by atoms with Crippen molar-refractivity contribution in [2.45, 2.75) is 82.8 Å². The summed E-state index contributed by atoms with van der Waals surface area (Å²) in [5, 5.41) is 13.5. The number of aromatic nitrogens is 1. The summed E-state index contributed by atoms with van der Waals surface area (Å²) in [7, 11) is 0. The molecule has 1 aromatic heterocycles. The highest BCUT2D eigenvalue weighted by Gasteiger charge is 2.33. The predicted octanol–water partition coefficient (Wildman–Crippen LogP) is 3.14. The molecule has 0 spiro atoms. The van der Waals surface area contributed by atoms with Crippen LogP contribution in [0.1, 0.15) is 70.3 Å². The van der Waals surface area contributed by atoms with E-state index in [0.717, 1.165) is 95.2 Å². The fourth-order valence-electron chi connectivity index (χ4n) is 6.28. The fourth-order valence-corrected chi connectivity index (χ4v) is 6.28. The summed E-state index contributed by atoms with van der Waals surface area (Å²) in [5.74, 6) is 3.14. The molecule has 7 heteroatoms. The molecule has 34 heavy (non-hydrogen) atoms. The second-order valence-corrected chi connectivity index (χ2v) is 11.3. The van der Waals surface area contributed by atoms with Gasteiger partial charge in [-0.25, -0.2) is 4.98 Å². The van der Waals surface area contributed by atoms with Crippen molar-refractivity contribution in [3.63, 3.8) is 0 Å². The number of amides is 1. The summed E-state index contributed by atoms with van der Waals surface area (Å²) in [6.07, 6.45) is 12.0. The third-order valence-corrected chi connectivity index (χ3v) is 8.74. The molecule has 0 atom stereocenters. The molecule has 3 fully saturated rings. The van der Waals surface area contributed by atoms with Crippen LogP contribution in [0.25, 0.3) is 0 Å². The molecule has 1 aromatic rings. The number of piperazine rings is 1. The normalized spacial score (nSPS) is 32.2. The number of carbonyl (C=O) groups excluding carboxylic acids is 1. The van der Waals surface area contributed by atoms with Gasteiger partial charge in [0, 0.05) is 56.3 Å². The van der Waals surface area contributed by atoms with Crippen molar-refractivity contribution < 1.29 is 14.6 Å². The molecule has 0 bridgehead atoms. The number of fused-ring (bicyclic) bond motifs is 1. The maximum Gasteiger partial charge on any atom is 0.223 e. The van der Waals surface area contributed by atoms with E-state index in [2.05, 4.69) is 26.2 Å². The molecule has 2 aliphatic heterocycles. The van der Waals surface area contributed by atoms with E-state index in [1.165, 1.54) is 31.4 Å². The second kappa shape index (κ2) is 10.4. The van der Waals surface area contributed by atoms with E-state index >= 15 is 0 Å². The first-order valence-corrected chi connectivity index (χ1v) is 13.6. The van der Waals surface area contributed by atoms with Crippen LogP contribution >= 0.6 is 0 Å². The van der Waals surface area contributed by atoms with Crippen molar-refractivity contribution in [3.8, 4) is 5.75 Å². The maximum atomic E-state index is 12.7. The smallest absolute Gasteiger partial charge is 0.223 e. The minimum absolute atomic E-state index is 0.0929. The van der Waals surface area contributed by atoms with Gasteiger partial charge in [-0.1, -0.05) is 0 Å². The number of carbonyl (C=O) groups is 1. The van der Waals surface area contributed by atoms with Crippen LogP contribution < -0.4 is 15.0 Å². The van der Waals surface area contributed by atoms with E-state index in [1.807, 2.05) is 13.1 Å². The Hall–Kier alpha value is -1.86. The van der Waals surface area contributed by atoms with Gasteiger partial charge in [0.2, 0.25) is 5.91 Å². The van der Waals surface area contributed by atoms with Gasteiger partial charge in [-0.3, -0.25) is 9.69 Å². The van der Waals surface area contributed by atoms with Crippen molar-refractivity contribution in [2.24, 2.45) is 11.8 Å². The van der Waals surface area contributed by atoms with Crippen molar-refractivity contribution in [1.29, 1.82) is 0 Å². The fraction of sp³-hybridized carbons (Fsp3) is 0.778. The average molecular weight is 471 g/mol. The molecule has 1 amide bonds. The number of nitrogens with one attached hydrogen (secondary N) is 1. The van der Waals surface area contributed by atoms with Crippen LogP contribution in [-0.2, 0) is 11.2 Å². The van der Waals surface area contributed by atoms with Crippen LogP contribution in [0.5, 0.6) is 5.75 Å². The van der Waals surface area contributed by atoms with E-state index in [0.29, 0.717) is 6.04 Å². The lowest BCUT2D eigenvalue weighted by Crippen LogP contribution is -2.47. The van der Waals surface area contributed by atoms with Crippen LogP contribution in [0, 0.1) is 11.8 Å². The highest BCUT2D eigenvalue weighted by molar-refractivity contribution is 5.79. The third kappa shape index (κ3) is 5.68. The lowest BCUT2D eigenvalue weighted by Gasteiger charge is -2.37. The highest BCUT2D eigenvalue weighted by atomic mass is 16.5. The van der Waals surface area contributed by atoms with Gasteiger partial charge in [-0.15, -0.1) is 0 Å². The van der Waals surface area contributed by atoms with Crippen molar-refractivity contribution >= 4 is 11.7 Å². The van der Waals surface area contributed by atoms with E-state index in [4.69, 9.17) is 4.74 Å². The van der Waals surface area contributed by atoms with E-state index < -0.39 is 5.60 Å². The number of anilines is 1. The van der Waals surface area contributed by atoms with Gasteiger partial charge in [-0.2, -0.15) is 0 Å². The van der Waals surface area contributed by atoms with Gasteiger partial charge in [0.25, 0.3) is 0 Å². The van der Waals surface area contributed by atoms with E-state index in [1.54, 1.807) is 0 Å². The number of pyridine rings is 1. The zero-order valence-corrected chi connectivity index (χ0v) is 20.8. The predicted molar refractivity (Wildman–Crippen MR) is 133 cm³/mol. The van der Waals surface area contributed by atoms with Crippen LogP contribution in [0.4, 0.5) is 5.82 Å². The number of hydrogen-bond acceptors (Lipinski definition) is 6. The monoisotopic (exact) mass is 470 g/mol. The number of nitrogens with zero attached hydrogens (tertiary/aromatic N) is 3. The van der Waals surface area contributed by atoms with Gasteiger partial charge >= 0.3 is 0 Å². The molecule has 2 aliphatic carbocycles. The van der Waals surface area contributed by atoms with E-state index in [-0.39, 0.29) is 11.8 Å². The summed E-state index contributed by atoms with van der Waals surface area (Å²) in [6.45, 7) is 8.06.